The lowest BCUT2D eigenvalue weighted by Crippen LogP contribution is -2.35. The molecule has 1 fully saturated rings. The van der Waals surface area contributed by atoms with Crippen molar-refractivity contribution in [2.75, 3.05) is 18.0 Å². The maximum absolute atomic E-state index is 4.85. The summed E-state index contributed by atoms with van der Waals surface area (Å²) in [5.41, 5.74) is 2.79. The summed E-state index contributed by atoms with van der Waals surface area (Å²) in [6.07, 6.45) is 3.53. The minimum Gasteiger partial charge on any atom is -0.356 e. The van der Waals surface area contributed by atoms with Gasteiger partial charge in [0.1, 0.15) is 12.1 Å². The Labute approximate surface area is 168 Å². The summed E-state index contributed by atoms with van der Waals surface area (Å²) in [6, 6.07) is 6.14. The maximum atomic E-state index is 4.85. The summed E-state index contributed by atoms with van der Waals surface area (Å²) in [6.45, 7) is 10.3. The average molecular weight is 391 g/mol. The van der Waals surface area contributed by atoms with Crippen LogP contribution >= 0.6 is 0 Å². The van der Waals surface area contributed by atoms with Crippen molar-refractivity contribution in [3.8, 4) is 0 Å². The fourth-order valence-electron chi connectivity index (χ4n) is 3.96. The van der Waals surface area contributed by atoms with Crippen LogP contribution in [0.15, 0.2) is 24.5 Å². The highest BCUT2D eigenvalue weighted by Crippen LogP contribution is 2.30. The highest BCUT2D eigenvalue weighted by atomic mass is 15.4. The van der Waals surface area contributed by atoms with E-state index in [0.29, 0.717) is 11.7 Å². The molecule has 1 aliphatic heterocycles. The Morgan fingerprint density at radius 3 is 2.59 bits per heavy atom. The third-order valence-corrected chi connectivity index (χ3v) is 5.60. The molecule has 0 spiro atoms. The van der Waals surface area contributed by atoms with Gasteiger partial charge >= 0.3 is 0 Å². The minimum atomic E-state index is -0.0124. The number of anilines is 1. The molecule has 0 aromatic carbocycles. The molecular weight excluding hydrogens is 366 g/mol. The first kappa shape index (κ1) is 18.0. The first-order valence-corrected chi connectivity index (χ1v) is 10.1. The summed E-state index contributed by atoms with van der Waals surface area (Å²) in [4.78, 5) is 11.0. The molecule has 0 N–H and O–H groups in total. The molecule has 29 heavy (non-hydrogen) atoms. The lowest BCUT2D eigenvalue weighted by molar-refractivity contribution is 0.468. The van der Waals surface area contributed by atoms with E-state index in [1.807, 2.05) is 28.1 Å². The lowest BCUT2D eigenvalue weighted by Gasteiger charge is -2.32. The largest absolute Gasteiger partial charge is 0.356 e. The van der Waals surface area contributed by atoms with Crippen LogP contribution in [-0.2, 0) is 5.41 Å². The van der Waals surface area contributed by atoms with Crippen molar-refractivity contribution in [3.05, 3.63) is 41.7 Å². The molecule has 0 unspecified atom stereocenters. The average Bonchev–Trinajstić information content (AvgIpc) is 3.33. The Hall–Kier alpha value is -3.10. The second-order valence-electron chi connectivity index (χ2n) is 8.79. The molecule has 4 aromatic rings. The van der Waals surface area contributed by atoms with Gasteiger partial charge in [-0.2, -0.15) is 24.2 Å². The number of aromatic nitrogens is 8. The van der Waals surface area contributed by atoms with Gasteiger partial charge in [0.15, 0.2) is 11.5 Å². The summed E-state index contributed by atoms with van der Waals surface area (Å²) in [5, 5.41) is 18.0. The van der Waals surface area contributed by atoms with Crippen molar-refractivity contribution in [1.29, 1.82) is 0 Å². The topological polar surface area (TPSA) is 89.4 Å². The molecule has 9 heteroatoms. The Balaban J connectivity index is 1.41. The van der Waals surface area contributed by atoms with Gasteiger partial charge in [-0.15, -0.1) is 10.2 Å². The van der Waals surface area contributed by atoms with E-state index in [1.165, 1.54) is 0 Å². The van der Waals surface area contributed by atoms with Crippen molar-refractivity contribution in [2.24, 2.45) is 0 Å². The molecule has 0 aliphatic carbocycles. The summed E-state index contributed by atoms with van der Waals surface area (Å²) in [5.74, 6) is 2.98. The predicted molar refractivity (Wildman–Crippen MR) is 109 cm³/mol. The molecular formula is C20H25N9. The van der Waals surface area contributed by atoms with Gasteiger partial charge in [-0.3, -0.25) is 0 Å². The number of piperidine rings is 1. The molecule has 150 valence electrons. The zero-order valence-corrected chi connectivity index (χ0v) is 17.2. The van der Waals surface area contributed by atoms with Crippen molar-refractivity contribution in [3.63, 3.8) is 0 Å². The number of nitrogens with zero attached hydrogens (tertiary/aromatic N) is 9. The van der Waals surface area contributed by atoms with Crippen LogP contribution in [0.25, 0.3) is 11.4 Å². The first-order chi connectivity index (χ1) is 13.9. The third kappa shape index (κ3) is 3.10. The van der Waals surface area contributed by atoms with Crippen molar-refractivity contribution in [2.45, 2.75) is 51.9 Å². The zero-order valence-electron chi connectivity index (χ0n) is 17.2. The van der Waals surface area contributed by atoms with E-state index in [0.717, 1.165) is 54.6 Å². The van der Waals surface area contributed by atoms with Crippen molar-refractivity contribution < 1.29 is 0 Å². The Morgan fingerprint density at radius 1 is 1.03 bits per heavy atom. The van der Waals surface area contributed by atoms with Crippen molar-refractivity contribution in [1.82, 2.24) is 39.4 Å². The van der Waals surface area contributed by atoms with Crippen LogP contribution in [0, 0.1) is 6.92 Å². The second-order valence-corrected chi connectivity index (χ2v) is 8.79. The van der Waals surface area contributed by atoms with Gasteiger partial charge in [-0.05, 0) is 31.9 Å². The molecule has 5 rings (SSSR count). The molecule has 0 atom stereocenters. The molecule has 5 heterocycles. The number of hydrogen-bond acceptors (Lipinski definition) is 7. The molecule has 1 aliphatic rings. The monoisotopic (exact) mass is 391 g/mol. The SMILES string of the molecule is Cc1cc(N2CCC(c3nnc4ccc(C(C)(C)C)nn34)CC2)n2ncnc2n1. The molecule has 4 aromatic heterocycles. The lowest BCUT2D eigenvalue weighted by atomic mass is 9.92. The summed E-state index contributed by atoms with van der Waals surface area (Å²) < 4.78 is 3.75. The van der Waals surface area contributed by atoms with E-state index < -0.39 is 0 Å². The number of hydrogen-bond donors (Lipinski definition) is 0. The van der Waals surface area contributed by atoms with Gasteiger partial charge in [0.05, 0.1) is 5.69 Å². The number of fused-ring (bicyclic) bond motifs is 2. The summed E-state index contributed by atoms with van der Waals surface area (Å²) >= 11 is 0. The van der Waals surface area contributed by atoms with E-state index >= 15 is 0 Å². The smallest absolute Gasteiger partial charge is 0.254 e. The molecule has 1 saturated heterocycles. The van der Waals surface area contributed by atoms with Gasteiger partial charge < -0.3 is 4.90 Å². The van der Waals surface area contributed by atoms with Crippen LogP contribution in [0.1, 0.15) is 56.7 Å². The standard InChI is InChI=1S/C20H25N9/c1-13-11-17(29-19(23-13)21-12-22-29)27-9-7-14(8-10-27)18-25-24-16-6-5-15(20(2,3)4)26-28(16)18/h5-6,11-12,14H,7-10H2,1-4H3. The van der Waals surface area contributed by atoms with Crippen LogP contribution in [0.2, 0.25) is 0 Å². The zero-order chi connectivity index (χ0) is 20.2. The van der Waals surface area contributed by atoms with Crippen LogP contribution in [-0.4, -0.2) is 52.5 Å². The van der Waals surface area contributed by atoms with Crippen LogP contribution < -0.4 is 4.90 Å². The van der Waals surface area contributed by atoms with Gasteiger partial charge in [-0.1, -0.05) is 20.8 Å². The first-order valence-electron chi connectivity index (χ1n) is 10.1. The normalized spacial score (nSPS) is 16.2. The van der Waals surface area contributed by atoms with E-state index in [4.69, 9.17) is 5.10 Å². The fraction of sp³-hybridized carbons (Fsp3) is 0.500. The second kappa shape index (κ2) is 6.47. The van der Waals surface area contributed by atoms with Crippen LogP contribution in [0.5, 0.6) is 0 Å². The highest BCUT2D eigenvalue weighted by Gasteiger charge is 2.27. The van der Waals surface area contributed by atoms with E-state index in [1.54, 1.807) is 6.33 Å². The van der Waals surface area contributed by atoms with Gasteiger partial charge in [0.2, 0.25) is 0 Å². The molecule has 9 nitrogen and oxygen atoms in total. The van der Waals surface area contributed by atoms with E-state index in [2.05, 4.69) is 57.0 Å². The molecule has 0 saturated carbocycles. The fourth-order valence-corrected chi connectivity index (χ4v) is 3.96. The number of rotatable bonds is 2. The highest BCUT2D eigenvalue weighted by molar-refractivity contribution is 5.47. The Morgan fingerprint density at radius 2 is 1.83 bits per heavy atom. The van der Waals surface area contributed by atoms with Crippen LogP contribution in [0.3, 0.4) is 0 Å². The van der Waals surface area contributed by atoms with Crippen LogP contribution in [0.4, 0.5) is 5.82 Å². The molecule has 0 radical (unpaired) electrons. The predicted octanol–water partition coefficient (Wildman–Crippen LogP) is 2.55. The quantitative estimate of drug-likeness (QED) is 0.519. The third-order valence-electron chi connectivity index (χ3n) is 5.60. The Kier molecular flexibility index (Phi) is 4.01. The van der Waals surface area contributed by atoms with Gasteiger partial charge in [0.25, 0.3) is 5.78 Å². The van der Waals surface area contributed by atoms with E-state index in [9.17, 15) is 0 Å². The summed E-state index contributed by atoms with van der Waals surface area (Å²) in [7, 11) is 0. The number of aryl methyl sites for hydroxylation is 1. The molecule has 0 amide bonds. The maximum Gasteiger partial charge on any atom is 0.254 e. The van der Waals surface area contributed by atoms with Crippen molar-refractivity contribution >= 4 is 17.2 Å². The van der Waals surface area contributed by atoms with Gasteiger partial charge in [0, 0.05) is 36.2 Å². The van der Waals surface area contributed by atoms with E-state index in [-0.39, 0.29) is 5.41 Å². The minimum absolute atomic E-state index is 0.0124. The Bertz CT molecular complexity index is 1180. The molecule has 0 bridgehead atoms. The van der Waals surface area contributed by atoms with Gasteiger partial charge in [-0.25, -0.2) is 4.98 Å².